The summed E-state index contributed by atoms with van der Waals surface area (Å²) in [6.45, 7) is 5.30. The number of nitrogens with zero attached hydrogens (tertiary/aromatic N) is 2. The minimum atomic E-state index is -0.437. The van der Waals surface area contributed by atoms with Crippen LogP contribution in [0, 0.1) is 0 Å². The molecule has 2 aliphatic heterocycles. The van der Waals surface area contributed by atoms with Crippen molar-refractivity contribution in [3.8, 4) is 5.75 Å². The van der Waals surface area contributed by atoms with Crippen molar-refractivity contribution in [1.82, 2.24) is 9.80 Å². The van der Waals surface area contributed by atoms with Crippen LogP contribution in [-0.2, 0) is 9.59 Å². The quantitative estimate of drug-likeness (QED) is 0.818. The maximum absolute atomic E-state index is 12.9. The molecular weight excluding hydrogens is 338 g/mol. The molecule has 0 saturated carbocycles. The minimum Gasteiger partial charge on any atom is -0.497 e. The molecule has 136 valence electrons. The first-order chi connectivity index (χ1) is 12.0. The molecule has 0 radical (unpaired) electrons. The van der Waals surface area contributed by atoms with Crippen LogP contribution in [0.15, 0.2) is 24.3 Å². The van der Waals surface area contributed by atoms with Gasteiger partial charge in [0.25, 0.3) is 0 Å². The zero-order chi connectivity index (χ0) is 18.0. The third kappa shape index (κ3) is 3.77. The molecule has 2 atom stereocenters. The van der Waals surface area contributed by atoms with E-state index < -0.39 is 6.04 Å². The van der Waals surface area contributed by atoms with E-state index in [4.69, 9.17) is 4.74 Å². The lowest BCUT2D eigenvalue weighted by atomic mass is 10.1. The molecule has 0 aliphatic carbocycles. The zero-order valence-electron chi connectivity index (χ0n) is 15.0. The van der Waals surface area contributed by atoms with E-state index in [2.05, 4.69) is 7.05 Å². The number of hydrogen-bond donors (Lipinski definition) is 1. The summed E-state index contributed by atoms with van der Waals surface area (Å²) in [7, 11) is 3.78. The van der Waals surface area contributed by atoms with E-state index >= 15 is 0 Å². The van der Waals surface area contributed by atoms with Gasteiger partial charge >= 0.3 is 0 Å². The van der Waals surface area contributed by atoms with Crippen molar-refractivity contribution in [2.24, 2.45) is 0 Å². The fraction of sp³-hybridized carbons (Fsp3) is 0.556. The lowest BCUT2D eigenvalue weighted by molar-refractivity contribution is -0.883. The summed E-state index contributed by atoms with van der Waals surface area (Å²) in [6.07, 6.45) is 0. The van der Waals surface area contributed by atoms with Crippen molar-refractivity contribution in [2.75, 3.05) is 46.1 Å². The number of carbonyl (C=O) groups excluding carboxylic acids is 2. The van der Waals surface area contributed by atoms with Gasteiger partial charge in [0.2, 0.25) is 11.8 Å². The normalized spacial score (nSPS) is 23.0. The summed E-state index contributed by atoms with van der Waals surface area (Å²) in [4.78, 5) is 30.5. The third-order valence-electron chi connectivity index (χ3n) is 5.01. The Morgan fingerprint density at radius 3 is 2.52 bits per heavy atom. The molecule has 6 nitrogen and oxygen atoms in total. The van der Waals surface area contributed by atoms with Gasteiger partial charge in [-0.05, 0) is 24.6 Å². The second-order valence-corrected chi connectivity index (χ2v) is 7.76. The maximum atomic E-state index is 12.9. The molecule has 2 fully saturated rings. The van der Waals surface area contributed by atoms with Gasteiger partial charge in [-0.2, -0.15) is 0 Å². The molecule has 2 aliphatic rings. The monoisotopic (exact) mass is 364 g/mol. The molecule has 7 heteroatoms. The van der Waals surface area contributed by atoms with Gasteiger partial charge in [-0.25, -0.2) is 0 Å². The van der Waals surface area contributed by atoms with Gasteiger partial charge in [-0.15, -0.1) is 11.8 Å². The van der Waals surface area contributed by atoms with Crippen LogP contribution in [0.5, 0.6) is 5.75 Å². The summed E-state index contributed by atoms with van der Waals surface area (Å²) in [5.74, 6) is 1.29. The van der Waals surface area contributed by atoms with Crippen LogP contribution in [0.25, 0.3) is 0 Å². The van der Waals surface area contributed by atoms with Crippen molar-refractivity contribution in [3.05, 3.63) is 29.8 Å². The molecule has 3 rings (SSSR count). The Kier molecular flexibility index (Phi) is 5.54. The van der Waals surface area contributed by atoms with Crippen molar-refractivity contribution in [1.29, 1.82) is 0 Å². The number of likely N-dealkylation sites (N-methyl/N-ethyl adjacent to an activating group) is 1. The van der Waals surface area contributed by atoms with Gasteiger partial charge < -0.3 is 19.4 Å². The summed E-state index contributed by atoms with van der Waals surface area (Å²) in [5, 5.41) is -0.115. The van der Waals surface area contributed by atoms with Gasteiger partial charge in [-0.1, -0.05) is 12.1 Å². The lowest BCUT2D eigenvalue weighted by Gasteiger charge is -2.36. The molecule has 2 heterocycles. The lowest BCUT2D eigenvalue weighted by Crippen LogP contribution is -3.12. The fourth-order valence-corrected chi connectivity index (χ4v) is 4.63. The Labute approximate surface area is 153 Å². The molecular formula is C18H26N3O3S+. The van der Waals surface area contributed by atoms with E-state index in [0.717, 1.165) is 37.5 Å². The molecule has 1 aromatic rings. The predicted molar refractivity (Wildman–Crippen MR) is 97.7 cm³/mol. The van der Waals surface area contributed by atoms with Crippen molar-refractivity contribution >= 4 is 23.6 Å². The number of rotatable bonds is 4. The van der Waals surface area contributed by atoms with E-state index in [-0.39, 0.29) is 17.2 Å². The van der Waals surface area contributed by atoms with E-state index in [0.29, 0.717) is 5.75 Å². The summed E-state index contributed by atoms with van der Waals surface area (Å²) >= 11 is 1.58. The summed E-state index contributed by atoms with van der Waals surface area (Å²) in [5.41, 5.74) is 1.03. The first kappa shape index (κ1) is 18.1. The molecule has 0 spiro atoms. The Hall–Kier alpha value is -1.73. The largest absolute Gasteiger partial charge is 0.497 e. The van der Waals surface area contributed by atoms with Gasteiger partial charge in [0.05, 0.1) is 46.1 Å². The van der Waals surface area contributed by atoms with Crippen LogP contribution in [-0.4, -0.2) is 73.7 Å². The van der Waals surface area contributed by atoms with Crippen LogP contribution in [0.3, 0.4) is 0 Å². The first-order valence-corrected chi connectivity index (χ1v) is 9.73. The number of piperazine rings is 1. The molecule has 0 aromatic heterocycles. The average molecular weight is 364 g/mol. The molecule has 2 amide bonds. The van der Waals surface area contributed by atoms with Crippen molar-refractivity contribution in [2.45, 2.75) is 18.3 Å². The smallest absolute Gasteiger partial charge is 0.245 e. The standard InChI is InChI=1S/C18H25N3O3S/c1-13(17(23)20-10-8-19(2)9-11-20)21-16(22)12-25-18(21)14-4-6-15(24-3)7-5-14/h4-7,13,18H,8-12H2,1-3H3/p+1/t13-,18-/m0/s1. The average Bonchev–Trinajstić information content (AvgIpc) is 3.02. The van der Waals surface area contributed by atoms with E-state index in [9.17, 15) is 9.59 Å². The number of methoxy groups -OCH3 is 1. The predicted octanol–water partition coefficient (Wildman–Crippen LogP) is 0.0146. The molecule has 0 unspecified atom stereocenters. The molecule has 25 heavy (non-hydrogen) atoms. The number of quaternary nitrogens is 1. The highest BCUT2D eigenvalue weighted by Crippen LogP contribution is 2.40. The second kappa shape index (κ2) is 7.66. The number of thioether (sulfide) groups is 1. The van der Waals surface area contributed by atoms with Gasteiger partial charge in [-0.3, -0.25) is 9.59 Å². The van der Waals surface area contributed by atoms with Gasteiger partial charge in [0, 0.05) is 0 Å². The maximum Gasteiger partial charge on any atom is 0.245 e. The third-order valence-corrected chi connectivity index (χ3v) is 6.24. The molecule has 1 N–H and O–H groups in total. The molecule has 0 bridgehead atoms. The Morgan fingerprint density at radius 2 is 1.92 bits per heavy atom. The summed E-state index contributed by atoms with van der Waals surface area (Å²) < 4.78 is 5.20. The van der Waals surface area contributed by atoms with Crippen molar-refractivity contribution in [3.63, 3.8) is 0 Å². The summed E-state index contributed by atoms with van der Waals surface area (Å²) in [6, 6.07) is 7.30. The highest BCUT2D eigenvalue weighted by atomic mass is 32.2. The topological polar surface area (TPSA) is 54.3 Å². The van der Waals surface area contributed by atoms with Crippen LogP contribution in [0.4, 0.5) is 0 Å². The number of benzene rings is 1. The van der Waals surface area contributed by atoms with Crippen LogP contribution in [0.2, 0.25) is 0 Å². The zero-order valence-corrected chi connectivity index (χ0v) is 15.8. The van der Waals surface area contributed by atoms with E-state index in [1.165, 1.54) is 4.90 Å². The Balaban J connectivity index is 1.75. The van der Waals surface area contributed by atoms with E-state index in [1.54, 1.807) is 23.8 Å². The molecule has 1 aromatic carbocycles. The van der Waals surface area contributed by atoms with Gasteiger partial charge in [0.15, 0.2) is 0 Å². The highest BCUT2D eigenvalue weighted by molar-refractivity contribution is 8.00. The van der Waals surface area contributed by atoms with Crippen LogP contribution < -0.4 is 9.64 Å². The van der Waals surface area contributed by atoms with Crippen LogP contribution in [0.1, 0.15) is 17.9 Å². The number of hydrogen-bond acceptors (Lipinski definition) is 4. The van der Waals surface area contributed by atoms with Gasteiger partial charge in [0.1, 0.15) is 17.2 Å². The fourth-order valence-electron chi connectivity index (χ4n) is 3.37. The number of carbonyl (C=O) groups is 2. The first-order valence-electron chi connectivity index (χ1n) is 8.68. The minimum absolute atomic E-state index is 0.0337. The SMILES string of the molecule is COc1ccc([C@@H]2SCC(=O)N2[C@@H](C)C(=O)N2CC[NH+](C)CC2)cc1. The number of nitrogens with one attached hydrogen (secondary N) is 1. The second-order valence-electron chi connectivity index (χ2n) is 6.70. The Morgan fingerprint density at radius 1 is 1.28 bits per heavy atom. The van der Waals surface area contributed by atoms with E-state index in [1.807, 2.05) is 36.1 Å². The number of amides is 2. The molecule has 2 saturated heterocycles. The highest BCUT2D eigenvalue weighted by Gasteiger charge is 2.40. The van der Waals surface area contributed by atoms with Crippen LogP contribution >= 0.6 is 11.8 Å². The number of ether oxygens (including phenoxy) is 1. The van der Waals surface area contributed by atoms with Crippen molar-refractivity contribution < 1.29 is 19.2 Å². The Bertz CT molecular complexity index is 629.